The lowest BCUT2D eigenvalue weighted by molar-refractivity contribution is 0.0129. The summed E-state index contributed by atoms with van der Waals surface area (Å²) in [6.45, 7) is 3.88. The fraction of sp³-hybridized carbons (Fsp3) is 0.692. The number of aryl methyl sites for hydroxylation is 2. The third kappa shape index (κ3) is 2.89. The first-order chi connectivity index (χ1) is 9.02. The summed E-state index contributed by atoms with van der Waals surface area (Å²) >= 11 is 0. The molecule has 1 saturated heterocycles. The maximum Gasteiger partial charge on any atom is 0.359 e. The van der Waals surface area contributed by atoms with Crippen molar-refractivity contribution in [3.05, 3.63) is 11.4 Å². The van der Waals surface area contributed by atoms with Crippen molar-refractivity contribution in [1.82, 2.24) is 14.7 Å². The molecule has 0 aliphatic carbocycles. The second kappa shape index (κ2) is 5.61. The molecule has 1 aliphatic rings. The number of hydrogen-bond donors (Lipinski definition) is 1. The number of nitrogens with two attached hydrogens (primary N) is 1. The smallest absolute Gasteiger partial charge is 0.359 e. The van der Waals surface area contributed by atoms with Crippen molar-refractivity contribution < 1.29 is 9.53 Å². The van der Waals surface area contributed by atoms with E-state index in [1.807, 2.05) is 6.92 Å². The van der Waals surface area contributed by atoms with Gasteiger partial charge >= 0.3 is 5.97 Å². The largest absolute Gasteiger partial charge is 0.458 e. The maximum absolute atomic E-state index is 12.2. The highest BCUT2D eigenvalue weighted by Crippen LogP contribution is 2.20. The van der Waals surface area contributed by atoms with E-state index in [0.717, 1.165) is 31.6 Å². The lowest BCUT2D eigenvalue weighted by atomic mass is 10.1. The zero-order chi connectivity index (χ0) is 14.0. The van der Waals surface area contributed by atoms with E-state index in [1.165, 1.54) is 4.68 Å². The second-order valence-corrected chi connectivity index (χ2v) is 5.09. The van der Waals surface area contributed by atoms with Crippen LogP contribution in [0.4, 0.5) is 5.69 Å². The highest BCUT2D eigenvalue weighted by atomic mass is 16.5. The topological polar surface area (TPSA) is 73.4 Å². The fourth-order valence-corrected chi connectivity index (χ4v) is 2.41. The fourth-order valence-electron chi connectivity index (χ4n) is 2.41. The molecule has 106 valence electrons. The van der Waals surface area contributed by atoms with Crippen molar-refractivity contribution in [1.29, 1.82) is 0 Å². The molecule has 0 saturated carbocycles. The number of esters is 1. The summed E-state index contributed by atoms with van der Waals surface area (Å²) in [5, 5.41) is 4.24. The molecule has 1 aliphatic heterocycles. The number of nitrogens with zero attached hydrogens (tertiary/aromatic N) is 3. The van der Waals surface area contributed by atoms with E-state index in [4.69, 9.17) is 10.5 Å². The van der Waals surface area contributed by atoms with Gasteiger partial charge < -0.3 is 15.4 Å². The molecule has 0 spiro atoms. The molecule has 2 heterocycles. The van der Waals surface area contributed by atoms with Gasteiger partial charge in [-0.15, -0.1) is 0 Å². The summed E-state index contributed by atoms with van der Waals surface area (Å²) < 4.78 is 7.06. The van der Waals surface area contributed by atoms with Gasteiger partial charge in [0.2, 0.25) is 0 Å². The zero-order valence-electron chi connectivity index (χ0n) is 11.8. The Balaban J connectivity index is 2.06. The SMILES string of the molecule is CCc1nn(C)c(C(=O)OC2CCN(C)CC2)c1N. The number of aromatic nitrogens is 2. The summed E-state index contributed by atoms with van der Waals surface area (Å²) in [5.41, 5.74) is 7.52. The Morgan fingerprint density at radius 2 is 2.05 bits per heavy atom. The van der Waals surface area contributed by atoms with Crippen LogP contribution in [-0.4, -0.2) is 46.9 Å². The van der Waals surface area contributed by atoms with Crippen molar-refractivity contribution in [3.63, 3.8) is 0 Å². The van der Waals surface area contributed by atoms with E-state index in [0.29, 0.717) is 17.8 Å². The average Bonchev–Trinajstić information content (AvgIpc) is 2.67. The molecule has 19 heavy (non-hydrogen) atoms. The number of carbonyl (C=O) groups is 1. The number of hydrogen-bond acceptors (Lipinski definition) is 5. The third-order valence-electron chi connectivity index (χ3n) is 3.63. The Kier molecular flexibility index (Phi) is 4.09. The normalized spacial score (nSPS) is 17.6. The molecule has 0 aromatic carbocycles. The van der Waals surface area contributed by atoms with Crippen LogP contribution in [0.2, 0.25) is 0 Å². The van der Waals surface area contributed by atoms with Crippen LogP contribution in [0, 0.1) is 0 Å². The lowest BCUT2D eigenvalue weighted by Crippen LogP contribution is -2.35. The monoisotopic (exact) mass is 266 g/mol. The zero-order valence-corrected chi connectivity index (χ0v) is 11.8. The summed E-state index contributed by atoms with van der Waals surface area (Å²) in [5.74, 6) is -0.359. The van der Waals surface area contributed by atoms with Gasteiger partial charge in [-0.3, -0.25) is 4.68 Å². The van der Waals surface area contributed by atoms with Gasteiger partial charge in [-0.1, -0.05) is 6.92 Å². The van der Waals surface area contributed by atoms with Crippen LogP contribution in [0.5, 0.6) is 0 Å². The van der Waals surface area contributed by atoms with Crippen molar-refractivity contribution in [2.24, 2.45) is 7.05 Å². The van der Waals surface area contributed by atoms with Crippen molar-refractivity contribution >= 4 is 11.7 Å². The Labute approximate surface area is 113 Å². The molecule has 6 heteroatoms. The Bertz CT molecular complexity index is 461. The molecule has 1 aromatic rings. The van der Waals surface area contributed by atoms with Crippen LogP contribution >= 0.6 is 0 Å². The van der Waals surface area contributed by atoms with Gasteiger partial charge in [-0.25, -0.2) is 4.79 Å². The molecule has 6 nitrogen and oxygen atoms in total. The van der Waals surface area contributed by atoms with Gasteiger partial charge in [-0.05, 0) is 26.3 Å². The molecule has 0 amide bonds. The quantitative estimate of drug-likeness (QED) is 0.820. The van der Waals surface area contributed by atoms with Crippen LogP contribution in [0.15, 0.2) is 0 Å². The van der Waals surface area contributed by atoms with Crippen LogP contribution in [0.3, 0.4) is 0 Å². The minimum atomic E-state index is -0.359. The van der Waals surface area contributed by atoms with Gasteiger partial charge in [0.15, 0.2) is 5.69 Å². The van der Waals surface area contributed by atoms with Gasteiger partial charge in [-0.2, -0.15) is 5.10 Å². The predicted octanol–water partition coefficient (Wildman–Crippen LogP) is 0.816. The number of piperidine rings is 1. The average molecular weight is 266 g/mol. The van der Waals surface area contributed by atoms with E-state index in [-0.39, 0.29) is 12.1 Å². The van der Waals surface area contributed by atoms with E-state index < -0.39 is 0 Å². The van der Waals surface area contributed by atoms with Gasteiger partial charge in [0.25, 0.3) is 0 Å². The summed E-state index contributed by atoms with van der Waals surface area (Å²) in [6, 6.07) is 0. The molecule has 0 bridgehead atoms. The highest BCUT2D eigenvalue weighted by Gasteiger charge is 2.25. The number of rotatable bonds is 3. The first kappa shape index (κ1) is 13.9. The molecule has 1 aromatic heterocycles. The van der Waals surface area contributed by atoms with E-state index in [1.54, 1.807) is 7.05 Å². The van der Waals surface area contributed by atoms with Gasteiger partial charge in [0.05, 0.1) is 11.4 Å². The van der Waals surface area contributed by atoms with Crippen LogP contribution in [0.25, 0.3) is 0 Å². The number of anilines is 1. The molecular formula is C13H22N4O2. The first-order valence-corrected chi connectivity index (χ1v) is 6.73. The van der Waals surface area contributed by atoms with Crippen molar-refractivity contribution in [2.75, 3.05) is 25.9 Å². The lowest BCUT2D eigenvalue weighted by Gasteiger charge is -2.28. The van der Waals surface area contributed by atoms with Crippen LogP contribution < -0.4 is 5.73 Å². The minimum Gasteiger partial charge on any atom is -0.458 e. The van der Waals surface area contributed by atoms with Crippen LogP contribution in [0.1, 0.15) is 35.9 Å². The molecular weight excluding hydrogens is 244 g/mol. The molecule has 0 radical (unpaired) electrons. The highest BCUT2D eigenvalue weighted by molar-refractivity contribution is 5.93. The van der Waals surface area contributed by atoms with Gasteiger partial charge in [0.1, 0.15) is 6.10 Å². The molecule has 0 atom stereocenters. The summed E-state index contributed by atoms with van der Waals surface area (Å²) in [6.07, 6.45) is 2.45. The number of carbonyl (C=O) groups excluding carboxylic acids is 1. The van der Waals surface area contributed by atoms with Crippen molar-refractivity contribution in [3.8, 4) is 0 Å². The minimum absolute atomic E-state index is 0.0110. The molecule has 1 fully saturated rings. The molecule has 0 unspecified atom stereocenters. The molecule has 2 rings (SSSR count). The third-order valence-corrected chi connectivity index (χ3v) is 3.63. The Hall–Kier alpha value is -1.56. The summed E-state index contributed by atoms with van der Waals surface area (Å²) in [7, 11) is 3.80. The van der Waals surface area contributed by atoms with Crippen molar-refractivity contribution in [2.45, 2.75) is 32.3 Å². The number of likely N-dealkylation sites (tertiary alicyclic amines) is 1. The van der Waals surface area contributed by atoms with E-state index in [9.17, 15) is 4.79 Å². The predicted molar refractivity (Wildman–Crippen MR) is 72.9 cm³/mol. The Morgan fingerprint density at radius 1 is 1.42 bits per heavy atom. The first-order valence-electron chi connectivity index (χ1n) is 6.73. The summed E-state index contributed by atoms with van der Waals surface area (Å²) in [4.78, 5) is 14.4. The standard InChI is InChI=1S/C13H22N4O2/c1-4-10-11(14)12(17(3)15-10)13(18)19-9-5-7-16(2)8-6-9/h9H,4-8,14H2,1-3H3. The van der Waals surface area contributed by atoms with Gasteiger partial charge in [0, 0.05) is 20.1 Å². The van der Waals surface area contributed by atoms with E-state index >= 15 is 0 Å². The number of ether oxygens (including phenoxy) is 1. The van der Waals surface area contributed by atoms with E-state index in [2.05, 4.69) is 17.0 Å². The molecule has 2 N–H and O–H groups in total. The Morgan fingerprint density at radius 3 is 2.58 bits per heavy atom. The van der Waals surface area contributed by atoms with Crippen LogP contribution in [-0.2, 0) is 18.2 Å². The number of nitrogen functional groups attached to an aromatic ring is 1. The maximum atomic E-state index is 12.2. The second-order valence-electron chi connectivity index (χ2n) is 5.09.